The molecule has 4 rings (SSSR count). The van der Waals surface area contributed by atoms with Gasteiger partial charge in [0.15, 0.2) is 0 Å². The molecule has 7 heteroatoms. The molecule has 2 aromatic carbocycles. The second-order valence-electron chi connectivity index (χ2n) is 7.46. The predicted molar refractivity (Wildman–Crippen MR) is 114 cm³/mol. The Bertz CT molecular complexity index is 1170. The second-order valence-corrected chi connectivity index (χ2v) is 8.52. The van der Waals surface area contributed by atoms with E-state index in [4.69, 9.17) is 0 Å². The molecule has 2 heterocycles. The minimum atomic E-state index is -0.857. The number of rotatable bonds is 6. The van der Waals surface area contributed by atoms with Gasteiger partial charge in [-0.15, -0.1) is 0 Å². The van der Waals surface area contributed by atoms with Crippen molar-refractivity contribution in [1.29, 1.82) is 0 Å². The summed E-state index contributed by atoms with van der Waals surface area (Å²) in [5.41, 5.74) is 2.61. The van der Waals surface area contributed by atoms with E-state index in [1.54, 1.807) is 6.20 Å². The van der Waals surface area contributed by atoms with Crippen molar-refractivity contribution in [2.75, 3.05) is 0 Å². The van der Waals surface area contributed by atoms with Crippen LogP contribution < -0.4 is 0 Å². The number of aliphatic hydroxyl groups excluding tert-OH is 1. The fourth-order valence-corrected chi connectivity index (χ4v) is 4.37. The number of para-hydroxylation sites is 1. The maximum absolute atomic E-state index is 13.5. The van der Waals surface area contributed by atoms with Crippen LogP contribution in [0.5, 0.6) is 0 Å². The molecular formula is C23H21F2N3OS. The summed E-state index contributed by atoms with van der Waals surface area (Å²) in [7, 11) is 0. The molecular weight excluding hydrogens is 404 g/mol. The summed E-state index contributed by atoms with van der Waals surface area (Å²) in [5.74, 6) is -0.751. The molecule has 4 nitrogen and oxygen atoms in total. The largest absolute Gasteiger partial charge is 0.385 e. The third kappa shape index (κ3) is 4.52. The SMILES string of the molecule is CC(C)c1[nH]c(C(O)Cc2cnc3ccccc3c2)nc1Sc1cc(F)cc(F)c1. The number of hydrogen-bond donors (Lipinski definition) is 2. The number of hydrogen-bond acceptors (Lipinski definition) is 4. The molecule has 0 bridgehead atoms. The van der Waals surface area contributed by atoms with Crippen LogP contribution in [-0.4, -0.2) is 20.1 Å². The lowest BCUT2D eigenvalue weighted by molar-refractivity contribution is 0.169. The Morgan fingerprint density at radius 3 is 2.53 bits per heavy atom. The molecule has 1 atom stereocenters. The third-order valence-electron chi connectivity index (χ3n) is 4.73. The van der Waals surface area contributed by atoms with Crippen molar-refractivity contribution >= 4 is 22.7 Å². The predicted octanol–water partition coefficient (Wildman–Crippen LogP) is 5.79. The molecule has 154 valence electrons. The first kappa shape index (κ1) is 20.5. The molecule has 30 heavy (non-hydrogen) atoms. The van der Waals surface area contributed by atoms with Gasteiger partial charge in [-0.25, -0.2) is 13.8 Å². The lowest BCUT2D eigenvalue weighted by Crippen LogP contribution is -2.04. The zero-order chi connectivity index (χ0) is 21.3. The van der Waals surface area contributed by atoms with Gasteiger partial charge < -0.3 is 10.1 Å². The van der Waals surface area contributed by atoms with Gasteiger partial charge in [-0.3, -0.25) is 4.98 Å². The van der Waals surface area contributed by atoms with E-state index in [1.807, 2.05) is 44.2 Å². The number of aliphatic hydroxyl groups is 1. The van der Waals surface area contributed by atoms with Gasteiger partial charge in [0.25, 0.3) is 0 Å². The minimum absolute atomic E-state index is 0.0988. The fourth-order valence-electron chi connectivity index (χ4n) is 3.26. The molecule has 0 amide bonds. The second kappa shape index (κ2) is 8.53. The first-order chi connectivity index (χ1) is 14.4. The Kier molecular flexibility index (Phi) is 5.83. The highest BCUT2D eigenvalue weighted by Crippen LogP contribution is 2.34. The van der Waals surface area contributed by atoms with E-state index < -0.39 is 17.7 Å². The summed E-state index contributed by atoms with van der Waals surface area (Å²) >= 11 is 1.17. The molecule has 0 fully saturated rings. The average molecular weight is 426 g/mol. The maximum Gasteiger partial charge on any atom is 0.136 e. The third-order valence-corrected chi connectivity index (χ3v) is 5.71. The van der Waals surface area contributed by atoms with Gasteiger partial charge >= 0.3 is 0 Å². The van der Waals surface area contributed by atoms with Crippen LogP contribution in [0.2, 0.25) is 0 Å². The molecule has 0 aliphatic heterocycles. The highest BCUT2D eigenvalue weighted by Gasteiger charge is 2.20. The molecule has 2 N–H and O–H groups in total. The Labute approximate surface area is 177 Å². The Balaban J connectivity index is 1.59. The van der Waals surface area contributed by atoms with Crippen molar-refractivity contribution < 1.29 is 13.9 Å². The summed E-state index contributed by atoms with van der Waals surface area (Å²) in [4.78, 5) is 12.6. The highest BCUT2D eigenvalue weighted by molar-refractivity contribution is 7.99. The van der Waals surface area contributed by atoms with Gasteiger partial charge in [-0.1, -0.05) is 43.8 Å². The van der Waals surface area contributed by atoms with E-state index in [9.17, 15) is 13.9 Å². The van der Waals surface area contributed by atoms with Crippen molar-refractivity contribution in [1.82, 2.24) is 15.0 Å². The van der Waals surface area contributed by atoms with Crippen LogP contribution in [0.15, 0.2) is 64.6 Å². The van der Waals surface area contributed by atoms with E-state index in [0.717, 1.165) is 28.2 Å². The first-order valence-corrected chi connectivity index (χ1v) is 10.5. The van der Waals surface area contributed by atoms with Gasteiger partial charge in [0.1, 0.15) is 28.6 Å². The van der Waals surface area contributed by atoms with Crippen LogP contribution >= 0.6 is 11.8 Å². The highest BCUT2D eigenvalue weighted by atomic mass is 32.2. The quantitative estimate of drug-likeness (QED) is 0.411. The molecule has 4 aromatic rings. The Morgan fingerprint density at radius 2 is 1.80 bits per heavy atom. The minimum Gasteiger partial charge on any atom is -0.385 e. The van der Waals surface area contributed by atoms with E-state index >= 15 is 0 Å². The molecule has 0 spiro atoms. The van der Waals surface area contributed by atoms with Crippen LogP contribution in [0.25, 0.3) is 10.9 Å². The number of aromatic amines is 1. The van der Waals surface area contributed by atoms with Gasteiger partial charge in [-0.05, 0) is 35.7 Å². The van der Waals surface area contributed by atoms with Crippen molar-refractivity contribution in [3.8, 4) is 0 Å². The number of halogens is 2. The summed E-state index contributed by atoms with van der Waals surface area (Å²) in [5, 5.41) is 12.4. The number of aromatic nitrogens is 3. The summed E-state index contributed by atoms with van der Waals surface area (Å²) < 4.78 is 27.1. The van der Waals surface area contributed by atoms with Crippen LogP contribution in [0.1, 0.15) is 43.0 Å². The number of pyridine rings is 1. The normalized spacial score (nSPS) is 12.6. The van der Waals surface area contributed by atoms with Crippen molar-refractivity contribution in [3.63, 3.8) is 0 Å². The molecule has 2 aromatic heterocycles. The van der Waals surface area contributed by atoms with Crippen LogP contribution in [0, 0.1) is 11.6 Å². The summed E-state index contributed by atoms with van der Waals surface area (Å²) in [6, 6.07) is 13.2. The van der Waals surface area contributed by atoms with E-state index in [0.29, 0.717) is 22.2 Å². The number of nitrogens with zero attached hydrogens (tertiary/aromatic N) is 2. The number of imidazole rings is 1. The summed E-state index contributed by atoms with van der Waals surface area (Å²) in [6.45, 7) is 3.99. The smallest absolute Gasteiger partial charge is 0.136 e. The van der Waals surface area contributed by atoms with Gasteiger partial charge in [-0.2, -0.15) is 0 Å². The number of nitrogens with one attached hydrogen (secondary N) is 1. The Morgan fingerprint density at radius 1 is 1.07 bits per heavy atom. The molecule has 0 radical (unpaired) electrons. The van der Waals surface area contributed by atoms with Crippen LogP contribution in [0.3, 0.4) is 0 Å². The van der Waals surface area contributed by atoms with Crippen molar-refractivity contribution in [3.05, 3.63) is 83.4 Å². The van der Waals surface area contributed by atoms with Gasteiger partial charge in [0.2, 0.25) is 0 Å². The van der Waals surface area contributed by atoms with Crippen LogP contribution in [0.4, 0.5) is 8.78 Å². The van der Waals surface area contributed by atoms with Crippen molar-refractivity contribution in [2.24, 2.45) is 0 Å². The van der Waals surface area contributed by atoms with E-state index in [2.05, 4.69) is 15.0 Å². The average Bonchev–Trinajstić information content (AvgIpc) is 3.11. The Hall–Kier alpha value is -2.77. The maximum atomic E-state index is 13.5. The number of fused-ring (bicyclic) bond motifs is 1. The summed E-state index contributed by atoms with van der Waals surface area (Å²) in [6.07, 6.45) is 1.24. The molecule has 0 aliphatic carbocycles. The molecule has 0 saturated carbocycles. The zero-order valence-electron chi connectivity index (χ0n) is 16.6. The van der Waals surface area contributed by atoms with Crippen molar-refractivity contribution in [2.45, 2.75) is 42.2 Å². The monoisotopic (exact) mass is 425 g/mol. The van der Waals surface area contributed by atoms with Gasteiger partial charge in [0, 0.05) is 29.0 Å². The first-order valence-electron chi connectivity index (χ1n) is 9.64. The molecule has 0 aliphatic rings. The van der Waals surface area contributed by atoms with Gasteiger partial charge in [0.05, 0.1) is 11.2 Å². The van der Waals surface area contributed by atoms with E-state index in [-0.39, 0.29) is 5.92 Å². The van der Waals surface area contributed by atoms with E-state index in [1.165, 1.54) is 23.9 Å². The lowest BCUT2D eigenvalue weighted by Gasteiger charge is -2.09. The van der Waals surface area contributed by atoms with Crippen LogP contribution in [-0.2, 0) is 6.42 Å². The topological polar surface area (TPSA) is 61.8 Å². The fraction of sp³-hybridized carbons (Fsp3) is 0.217. The molecule has 0 saturated heterocycles. The zero-order valence-corrected chi connectivity index (χ0v) is 17.4. The molecule has 1 unspecified atom stereocenters. The standard InChI is InChI=1S/C23H21F2N3OS/c1-13(2)21-23(30-18-10-16(24)9-17(25)11-18)28-22(27-21)20(29)8-14-7-15-5-3-4-6-19(15)26-12-14/h3-7,9-13,20,29H,8H2,1-2H3,(H,27,28). The number of H-pyrrole nitrogens is 1. The number of benzene rings is 2. The lowest BCUT2D eigenvalue weighted by atomic mass is 10.1.